The standard InChI is InChI=1S/C22H23NO3/c1-4-26-21-8-6-5-7-20(21)23-22(24)15(2)16-9-10-18-14-19(25-3)12-11-17(18)13-16/h5-15H,4H2,1-3H3,(H,23,24)/t15-/m0/s1. The molecule has 1 N–H and O–H groups in total. The van der Waals surface area contributed by atoms with Crippen LogP contribution in [0.5, 0.6) is 11.5 Å². The minimum absolute atomic E-state index is 0.0648. The number of ether oxygens (including phenoxy) is 2. The number of rotatable bonds is 6. The maximum absolute atomic E-state index is 12.7. The number of amides is 1. The molecule has 4 heteroatoms. The molecule has 0 saturated carbocycles. The Kier molecular flexibility index (Phi) is 5.42. The van der Waals surface area contributed by atoms with Crippen molar-refractivity contribution in [2.75, 3.05) is 19.0 Å². The summed E-state index contributed by atoms with van der Waals surface area (Å²) in [5, 5.41) is 5.14. The fourth-order valence-corrected chi connectivity index (χ4v) is 2.88. The van der Waals surface area contributed by atoms with Gasteiger partial charge in [-0.25, -0.2) is 0 Å². The second kappa shape index (κ2) is 7.91. The van der Waals surface area contributed by atoms with Crippen molar-refractivity contribution in [3.05, 3.63) is 66.2 Å². The van der Waals surface area contributed by atoms with E-state index in [9.17, 15) is 4.79 Å². The van der Waals surface area contributed by atoms with E-state index in [1.165, 1.54) is 0 Å². The van der Waals surface area contributed by atoms with Gasteiger partial charge >= 0.3 is 0 Å². The molecule has 0 aromatic heterocycles. The number of methoxy groups -OCH3 is 1. The van der Waals surface area contributed by atoms with Crippen LogP contribution in [0.4, 0.5) is 5.69 Å². The second-order valence-corrected chi connectivity index (χ2v) is 6.11. The fraction of sp³-hybridized carbons (Fsp3) is 0.227. The van der Waals surface area contributed by atoms with Crippen LogP contribution in [-0.4, -0.2) is 19.6 Å². The van der Waals surface area contributed by atoms with Crippen molar-refractivity contribution in [3.63, 3.8) is 0 Å². The monoisotopic (exact) mass is 349 g/mol. The van der Waals surface area contributed by atoms with E-state index in [1.54, 1.807) is 7.11 Å². The van der Waals surface area contributed by atoms with Crippen LogP contribution in [0.3, 0.4) is 0 Å². The van der Waals surface area contributed by atoms with E-state index in [-0.39, 0.29) is 11.8 Å². The zero-order valence-corrected chi connectivity index (χ0v) is 15.3. The summed E-state index contributed by atoms with van der Waals surface area (Å²) in [7, 11) is 1.65. The number of fused-ring (bicyclic) bond motifs is 1. The molecule has 0 radical (unpaired) electrons. The van der Waals surface area contributed by atoms with Gasteiger partial charge in [0.2, 0.25) is 5.91 Å². The number of anilines is 1. The van der Waals surface area contributed by atoms with E-state index in [2.05, 4.69) is 5.32 Å². The highest BCUT2D eigenvalue weighted by molar-refractivity contribution is 5.97. The number of hydrogen-bond donors (Lipinski definition) is 1. The van der Waals surface area contributed by atoms with E-state index in [4.69, 9.17) is 9.47 Å². The molecule has 0 fully saturated rings. The first-order valence-corrected chi connectivity index (χ1v) is 8.72. The minimum atomic E-state index is -0.281. The molecular formula is C22H23NO3. The minimum Gasteiger partial charge on any atom is -0.497 e. The topological polar surface area (TPSA) is 47.6 Å². The maximum atomic E-state index is 12.7. The third-order valence-corrected chi connectivity index (χ3v) is 4.41. The van der Waals surface area contributed by atoms with Crippen LogP contribution >= 0.6 is 0 Å². The van der Waals surface area contributed by atoms with Crippen molar-refractivity contribution in [2.24, 2.45) is 0 Å². The normalized spacial score (nSPS) is 11.8. The Balaban J connectivity index is 1.81. The molecule has 0 aliphatic rings. The van der Waals surface area contributed by atoms with Gasteiger partial charge in [0.1, 0.15) is 11.5 Å². The predicted molar refractivity (Wildman–Crippen MR) is 105 cm³/mol. The Morgan fingerprint density at radius 3 is 2.54 bits per heavy atom. The highest BCUT2D eigenvalue weighted by atomic mass is 16.5. The molecule has 0 spiro atoms. The molecular weight excluding hydrogens is 326 g/mol. The van der Waals surface area contributed by atoms with Gasteiger partial charge < -0.3 is 14.8 Å². The molecule has 4 nitrogen and oxygen atoms in total. The molecule has 3 aromatic carbocycles. The molecule has 26 heavy (non-hydrogen) atoms. The van der Waals surface area contributed by atoms with Crippen molar-refractivity contribution >= 4 is 22.4 Å². The van der Waals surface area contributed by atoms with Crippen LogP contribution in [-0.2, 0) is 4.79 Å². The van der Waals surface area contributed by atoms with Gasteiger partial charge in [-0.05, 0) is 54.4 Å². The van der Waals surface area contributed by atoms with Crippen LogP contribution in [0.15, 0.2) is 60.7 Å². The fourth-order valence-electron chi connectivity index (χ4n) is 2.88. The molecule has 3 aromatic rings. The van der Waals surface area contributed by atoms with E-state index < -0.39 is 0 Å². The van der Waals surface area contributed by atoms with E-state index in [1.807, 2.05) is 74.5 Å². The van der Waals surface area contributed by atoms with Gasteiger partial charge in [0, 0.05) is 0 Å². The SMILES string of the molecule is CCOc1ccccc1NC(=O)[C@@H](C)c1ccc2cc(OC)ccc2c1. The van der Waals surface area contributed by atoms with E-state index in [0.29, 0.717) is 18.0 Å². The number of hydrogen-bond acceptors (Lipinski definition) is 3. The molecule has 0 aliphatic heterocycles. The first-order chi connectivity index (χ1) is 12.6. The average molecular weight is 349 g/mol. The smallest absolute Gasteiger partial charge is 0.231 e. The summed E-state index contributed by atoms with van der Waals surface area (Å²) in [5.41, 5.74) is 1.66. The van der Waals surface area contributed by atoms with Gasteiger partial charge in [-0.2, -0.15) is 0 Å². The molecule has 1 amide bonds. The highest BCUT2D eigenvalue weighted by Crippen LogP contribution is 2.28. The third kappa shape index (κ3) is 3.80. The van der Waals surface area contributed by atoms with E-state index in [0.717, 1.165) is 22.1 Å². The average Bonchev–Trinajstić information content (AvgIpc) is 2.68. The van der Waals surface area contributed by atoms with Crippen LogP contribution in [0, 0.1) is 0 Å². The molecule has 0 heterocycles. The van der Waals surface area contributed by atoms with Crippen LogP contribution in [0.2, 0.25) is 0 Å². The first kappa shape index (κ1) is 17.8. The molecule has 0 bridgehead atoms. The number of nitrogens with one attached hydrogen (secondary N) is 1. The molecule has 0 saturated heterocycles. The van der Waals surface area contributed by atoms with Crippen molar-refractivity contribution in [1.29, 1.82) is 0 Å². The highest BCUT2D eigenvalue weighted by Gasteiger charge is 2.17. The lowest BCUT2D eigenvalue weighted by Gasteiger charge is -2.16. The number of para-hydroxylation sites is 2. The number of carbonyl (C=O) groups excluding carboxylic acids is 1. The Bertz CT molecular complexity index is 920. The summed E-state index contributed by atoms with van der Waals surface area (Å²) in [4.78, 5) is 12.7. The van der Waals surface area contributed by atoms with Crippen molar-refractivity contribution < 1.29 is 14.3 Å². The molecule has 134 valence electrons. The van der Waals surface area contributed by atoms with Gasteiger partial charge in [-0.1, -0.05) is 36.4 Å². The quantitative estimate of drug-likeness (QED) is 0.682. The summed E-state index contributed by atoms with van der Waals surface area (Å²) >= 11 is 0. The lowest BCUT2D eigenvalue weighted by Crippen LogP contribution is -2.19. The maximum Gasteiger partial charge on any atom is 0.231 e. The van der Waals surface area contributed by atoms with Gasteiger partial charge in [0.25, 0.3) is 0 Å². The zero-order chi connectivity index (χ0) is 18.5. The number of benzene rings is 3. The van der Waals surface area contributed by atoms with Gasteiger partial charge in [0.15, 0.2) is 0 Å². The zero-order valence-electron chi connectivity index (χ0n) is 15.3. The molecule has 0 unspecified atom stereocenters. The van der Waals surface area contributed by atoms with Crippen LogP contribution in [0.1, 0.15) is 25.3 Å². The Hall–Kier alpha value is -3.01. The van der Waals surface area contributed by atoms with Gasteiger partial charge in [-0.3, -0.25) is 4.79 Å². The Morgan fingerprint density at radius 1 is 1.04 bits per heavy atom. The predicted octanol–water partition coefficient (Wildman–Crippen LogP) is 4.99. The molecule has 0 aliphatic carbocycles. The summed E-state index contributed by atoms with van der Waals surface area (Å²) in [6.07, 6.45) is 0. The summed E-state index contributed by atoms with van der Waals surface area (Å²) in [5.74, 6) is 1.16. The molecule has 1 atom stereocenters. The number of carbonyl (C=O) groups is 1. The van der Waals surface area contributed by atoms with Gasteiger partial charge in [0.05, 0.1) is 25.3 Å². The van der Waals surface area contributed by atoms with Crippen molar-refractivity contribution in [3.8, 4) is 11.5 Å². The first-order valence-electron chi connectivity index (χ1n) is 8.72. The lowest BCUT2D eigenvalue weighted by atomic mass is 9.97. The summed E-state index contributed by atoms with van der Waals surface area (Å²) in [6, 6.07) is 19.5. The van der Waals surface area contributed by atoms with Gasteiger partial charge in [-0.15, -0.1) is 0 Å². The van der Waals surface area contributed by atoms with Crippen LogP contribution < -0.4 is 14.8 Å². The lowest BCUT2D eigenvalue weighted by molar-refractivity contribution is -0.117. The summed E-state index contributed by atoms with van der Waals surface area (Å²) in [6.45, 7) is 4.38. The van der Waals surface area contributed by atoms with Crippen molar-refractivity contribution in [1.82, 2.24) is 0 Å². The van der Waals surface area contributed by atoms with Crippen LogP contribution in [0.25, 0.3) is 10.8 Å². The Morgan fingerprint density at radius 2 is 1.77 bits per heavy atom. The second-order valence-electron chi connectivity index (χ2n) is 6.11. The molecule has 3 rings (SSSR count). The third-order valence-electron chi connectivity index (χ3n) is 4.41. The van der Waals surface area contributed by atoms with E-state index >= 15 is 0 Å². The summed E-state index contributed by atoms with van der Waals surface area (Å²) < 4.78 is 10.8. The Labute approximate surface area is 153 Å². The van der Waals surface area contributed by atoms with Crippen molar-refractivity contribution in [2.45, 2.75) is 19.8 Å². The largest absolute Gasteiger partial charge is 0.497 e.